The van der Waals surface area contributed by atoms with Crippen molar-refractivity contribution in [2.75, 3.05) is 13.1 Å². The third kappa shape index (κ3) is 4.63. The number of allylic oxidation sites excluding steroid dienone is 7. The number of hydrogen-bond donors (Lipinski definition) is 0. The highest BCUT2D eigenvalue weighted by molar-refractivity contribution is 5.53. The quantitative estimate of drug-likeness (QED) is 0.421. The fraction of sp³-hybridized carbons (Fsp3) is 0.667. The Balaban J connectivity index is 1.63. The fourth-order valence-corrected chi connectivity index (χ4v) is 6.68. The number of piperidine rings is 2. The standard InChI is InChI=1S/C30H41N3O/c1-28(2,3)26-17-21(22(18-31)19-32)16-23(34-26)9-8-20-14-24-27-25(15-20)30(6,7)11-13-33(27)12-10-29(24,4)5/h8-9,16-17,20,24-25,27H,10-15H2,1-7H3/b9-8+. The van der Waals surface area contributed by atoms with Crippen molar-refractivity contribution in [1.29, 1.82) is 10.5 Å². The number of hydrogen-bond acceptors (Lipinski definition) is 4. The summed E-state index contributed by atoms with van der Waals surface area (Å²) in [6.45, 7) is 18.7. The summed E-state index contributed by atoms with van der Waals surface area (Å²) in [6, 6.07) is 4.78. The Morgan fingerprint density at radius 1 is 1.00 bits per heavy atom. The first-order valence-electron chi connectivity index (χ1n) is 12.9. The van der Waals surface area contributed by atoms with Crippen LogP contribution in [0.3, 0.4) is 0 Å². The van der Waals surface area contributed by atoms with Crippen molar-refractivity contribution in [3.63, 3.8) is 0 Å². The van der Waals surface area contributed by atoms with Crippen molar-refractivity contribution in [2.24, 2.45) is 34.0 Å². The summed E-state index contributed by atoms with van der Waals surface area (Å²) in [5, 5.41) is 18.9. The molecule has 2 atom stereocenters. The Kier molecular flexibility index (Phi) is 6.37. The molecule has 1 aliphatic carbocycles. The molecule has 0 aromatic heterocycles. The van der Waals surface area contributed by atoms with Crippen molar-refractivity contribution in [3.8, 4) is 12.1 Å². The monoisotopic (exact) mass is 459 g/mol. The highest BCUT2D eigenvalue weighted by Gasteiger charge is 2.55. The van der Waals surface area contributed by atoms with Crippen LogP contribution in [0.1, 0.15) is 74.1 Å². The molecule has 2 saturated heterocycles. The third-order valence-corrected chi connectivity index (χ3v) is 9.05. The summed E-state index contributed by atoms with van der Waals surface area (Å²) in [7, 11) is 0. The highest BCUT2D eigenvalue weighted by Crippen LogP contribution is 2.57. The lowest BCUT2D eigenvalue weighted by Crippen LogP contribution is -2.64. The molecule has 34 heavy (non-hydrogen) atoms. The van der Waals surface area contributed by atoms with Crippen LogP contribution in [0.25, 0.3) is 0 Å². The Morgan fingerprint density at radius 2 is 1.56 bits per heavy atom. The van der Waals surface area contributed by atoms with Crippen molar-refractivity contribution < 1.29 is 4.74 Å². The van der Waals surface area contributed by atoms with Gasteiger partial charge < -0.3 is 4.74 Å². The fourth-order valence-electron chi connectivity index (χ4n) is 6.68. The van der Waals surface area contributed by atoms with Crippen molar-refractivity contribution in [1.82, 2.24) is 4.90 Å². The van der Waals surface area contributed by atoms with Crippen LogP contribution in [0.15, 0.2) is 47.0 Å². The molecule has 0 bridgehead atoms. The van der Waals surface area contributed by atoms with E-state index in [4.69, 9.17) is 4.74 Å². The SMILES string of the molecule is CC(C)(C)C1=CC(=C(C#N)C#N)C=C(/C=C/C2CC3C4C(C2)C(C)(C)CCN4CCC3(C)C)O1. The van der Waals surface area contributed by atoms with E-state index in [1.54, 1.807) is 0 Å². The second-order valence-corrected chi connectivity index (χ2v) is 13.3. The Bertz CT molecular complexity index is 988. The first kappa shape index (κ1) is 24.8. The van der Waals surface area contributed by atoms with Crippen LogP contribution >= 0.6 is 0 Å². The average Bonchev–Trinajstić information content (AvgIpc) is 2.76. The molecule has 4 heteroatoms. The number of rotatable bonds is 2. The van der Waals surface area contributed by atoms with E-state index < -0.39 is 0 Å². The van der Waals surface area contributed by atoms with Gasteiger partial charge >= 0.3 is 0 Å². The summed E-state index contributed by atoms with van der Waals surface area (Å²) < 4.78 is 6.26. The molecule has 0 amide bonds. The molecule has 3 aliphatic heterocycles. The lowest BCUT2D eigenvalue weighted by molar-refractivity contribution is -0.123. The third-order valence-electron chi connectivity index (χ3n) is 9.05. The van der Waals surface area contributed by atoms with Gasteiger partial charge in [0, 0.05) is 17.0 Å². The molecule has 2 unspecified atom stereocenters. The lowest BCUT2D eigenvalue weighted by Gasteiger charge is -2.62. The van der Waals surface area contributed by atoms with E-state index in [0.29, 0.717) is 40.2 Å². The van der Waals surface area contributed by atoms with Gasteiger partial charge in [-0.15, -0.1) is 0 Å². The zero-order valence-electron chi connectivity index (χ0n) is 22.1. The summed E-state index contributed by atoms with van der Waals surface area (Å²) in [4.78, 5) is 2.81. The molecule has 0 aromatic carbocycles. The zero-order chi connectivity index (χ0) is 24.9. The Hall–Kier alpha value is -2.30. The minimum atomic E-state index is -0.214. The average molecular weight is 460 g/mol. The van der Waals surface area contributed by atoms with Crippen LogP contribution in [0.5, 0.6) is 0 Å². The van der Waals surface area contributed by atoms with E-state index in [2.05, 4.69) is 65.5 Å². The maximum atomic E-state index is 9.43. The maximum Gasteiger partial charge on any atom is 0.137 e. The van der Waals surface area contributed by atoms with Gasteiger partial charge in [0.2, 0.25) is 0 Å². The Labute approximate surface area is 206 Å². The largest absolute Gasteiger partial charge is 0.461 e. The molecule has 0 radical (unpaired) electrons. The molecule has 182 valence electrons. The van der Waals surface area contributed by atoms with Crippen molar-refractivity contribution in [3.05, 3.63) is 47.0 Å². The molecule has 4 aliphatic rings. The topological polar surface area (TPSA) is 60.0 Å². The van der Waals surface area contributed by atoms with Crippen LogP contribution in [-0.2, 0) is 4.74 Å². The molecule has 0 N–H and O–H groups in total. The minimum absolute atomic E-state index is 0.129. The van der Waals surface area contributed by atoms with E-state index >= 15 is 0 Å². The van der Waals surface area contributed by atoms with Crippen LogP contribution in [0.2, 0.25) is 0 Å². The van der Waals surface area contributed by atoms with Gasteiger partial charge in [-0.3, -0.25) is 4.90 Å². The van der Waals surface area contributed by atoms with Crippen LogP contribution < -0.4 is 0 Å². The van der Waals surface area contributed by atoms with Gasteiger partial charge in [0.15, 0.2) is 0 Å². The maximum absolute atomic E-state index is 9.43. The number of ether oxygens (including phenoxy) is 1. The smallest absolute Gasteiger partial charge is 0.137 e. The minimum Gasteiger partial charge on any atom is -0.461 e. The first-order valence-corrected chi connectivity index (χ1v) is 12.9. The summed E-state index contributed by atoms with van der Waals surface area (Å²) >= 11 is 0. The predicted octanol–water partition coefficient (Wildman–Crippen LogP) is 6.90. The molecule has 4 rings (SSSR count). The van der Waals surface area contributed by atoms with Gasteiger partial charge in [-0.1, -0.05) is 54.5 Å². The van der Waals surface area contributed by atoms with Crippen molar-refractivity contribution in [2.45, 2.75) is 80.2 Å². The van der Waals surface area contributed by atoms with E-state index in [1.165, 1.54) is 38.8 Å². The van der Waals surface area contributed by atoms with Crippen LogP contribution in [-0.4, -0.2) is 24.0 Å². The zero-order valence-corrected chi connectivity index (χ0v) is 22.1. The van der Waals surface area contributed by atoms with Crippen molar-refractivity contribution >= 4 is 0 Å². The summed E-state index contributed by atoms with van der Waals surface area (Å²) in [5.74, 6) is 3.43. The molecular weight excluding hydrogens is 418 g/mol. The molecule has 3 fully saturated rings. The Morgan fingerprint density at radius 3 is 2.06 bits per heavy atom. The summed E-state index contributed by atoms with van der Waals surface area (Å²) in [6.07, 6.45) is 13.1. The second kappa shape index (κ2) is 8.73. The number of nitriles is 2. The normalized spacial score (nSPS) is 32.6. The van der Waals surface area contributed by atoms with Crippen LogP contribution in [0, 0.1) is 56.7 Å². The summed E-state index contributed by atoms with van der Waals surface area (Å²) in [5.41, 5.74) is 1.29. The van der Waals surface area contributed by atoms with E-state index in [-0.39, 0.29) is 11.0 Å². The molecule has 0 spiro atoms. The van der Waals surface area contributed by atoms with Gasteiger partial charge in [-0.25, -0.2) is 0 Å². The van der Waals surface area contributed by atoms with E-state index in [1.807, 2.05) is 24.3 Å². The molecular formula is C30H41N3O. The van der Waals surface area contributed by atoms with Gasteiger partial charge in [-0.2, -0.15) is 10.5 Å². The number of nitrogens with zero attached hydrogens (tertiary/aromatic N) is 3. The van der Waals surface area contributed by atoms with Gasteiger partial charge in [0.05, 0.1) is 0 Å². The van der Waals surface area contributed by atoms with E-state index in [9.17, 15) is 10.5 Å². The van der Waals surface area contributed by atoms with Crippen LogP contribution in [0.4, 0.5) is 0 Å². The lowest BCUT2D eigenvalue weighted by atomic mass is 9.52. The molecule has 1 saturated carbocycles. The second-order valence-electron chi connectivity index (χ2n) is 13.3. The first-order chi connectivity index (χ1) is 15.9. The van der Waals surface area contributed by atoms with E-state index in [0.717, 1.165) is 11.5 Å². The predicted molar refractivity (Wildman–Crippen MR) is 136 cm³/mol. The molecule has 0 aromatic rings. The van der Waals surface area contributed by atoms with Gasteiger partial charge in [-0.05, 0) is 85.6 Å². The highest BCUT2D eigenvalue weighted by atomic mass is 16.5. The van der Waals surface area contributed by atoms with Gasteiger partial charge in [0.1, 0.15) is 29.2 Å². The molecule has 4 nitrogen and oxygen atoms in total. The molecule has 3 heterocycles. The van der Waals surface area contributed by atoms with Gasteiger partial charge in [0.25, 0.3) is 0 Å².